The SMILES string of the molecule is CC1Oc2ccccc2N(CCC(=O)NC2(CN)CCCC2)C1=O. The minimum Gasteiger partial charge on any atom is -0.479 e. The molecule has 1 aromatic carbocycles. The maximum absolute atomic E-state index is 12.4. The summed E-state index contributed by atoms with van der Waals surface area (Å²) in [7, 11) is 0. The van der Waals surface area contributed by atoms with Gasteiger partial charge in [0.05, 0.1) is 11.2 Å². The van der Waals surface area contributed by atoms with E-state index in [0.29, 0.717) is 18.8 Å². The van der Waals surface area contributed by atoms with Gasteiger partial charge in [0.2, 0.25) is 5.91 Å². The average Bonchev–Trinajstić information content (AvgIpc) is 3.04. The molecule has 6 nitrogen and oxygen atoms in total. The molecular weight excluding hydrogens is 306 g/mol. The Morgan fingerprint density at radius 3 is 2.79 bits per heavy atom. The highest BCUT2D eigenvalue weighted by molar-refractivity contribution is 6.00. The molecular formula is C18H25N3O3. The molecule has 24 heavy (non-hydrogen) atoms. The number of nitrogens with zero attached hydrogens (tertiary/aromatic N) is 1. The van der Waals surface area contributed by atoms with Crippen LogP contribution >= 0.6 is 0 Å². The van der Waals surface area contributed by atoms with Crippen molar-refractivity contribution in [3.8, 4) is 5.75 Å². The number of carbonyl (C=O) groups excluding carboxylic acids is 2. The van der Waals surface area contributed by atoms with Crippen LogP contribution in [0.3, 0.4) is 0 Å². The number of amides is 2. The van der Waals surface area contributed by atoms with E-state index in [2.05, 4.69) is 5.32 Å². The van der Waals surface area contributed by atoms with Crippen molar-refractivity contribution in [2.24, 2.45) is 5.73 Å². The number of rotatable bonds is 5. The highest BCUT2D eigenvalue weighted by atomic mass is 16.5. The molecule has 2 aliphatic rings. The van der Waals surface area contributed by atoms with Gasteiger partial charge in [-0.15, -0.1) is 0 Å². The van der Waals surface area contributed by atoms with Gasteiger partial charge < -0.3 is 20.7 Å². The highest BCUT2D eigenvalue weighted by Crippen LogP contribution is 2.34. The summed E-state index contributed by atoms with van der Waals surface area (Å²) in [6.45, 7) is 2.54. The third-order valence-electron chi connectivity index (χ3n) is 4.99. The molecule has 1 aliphatic heterocycles. The summed E-state index contributed by atoms with van der Waals surface area (Å²) < 4.78 is 5.61. The second-order valence-corrected chi connectivity index (χ2v) is 6.71. The molecule has 1 unspecified atom stereocenters. The Kier molecular flexibility index (Phi) is 4.76. The van der Waals surface area contributed by atoms with Crippen molar-refractivity contribution in [2.45, 2.75) is 50.7 Å². The van der Waals surface area contributed by atoms with Gasteiger partial charge in [-0.2, -0.15) is 0 Å². The number of hydrogen-bond acceptors (Lipinski definition) is 4. The number of anilines is 1. The summed E-state index contributed by atoms with van der Waals surface area (Å²) in [5.41, 5.74) is 6.34. The maximum atomic E-state index is 12.4. The van der Waals surface area contributed by atoms with Gasteiger partial charge in [-0.1, -0.05) is 25.0 Å². The van der Waals surface area contributed by atoms with Gasteiger partial charge in [-0.05, 0) is 31.9 Å². The van der Waals surface area contributed by atoms with E-state index in [4.69, 9.17) is 10.5 Å². The summed E-state index contributed by atoms with van der Waals surface area (Å²) in [5.74, 6) is 0.516. The lowest BCUT2D eigenvalue weighted by Crippen LogP contribution is -2.52. The molecule has 0 spiro atoms. The van der Waals surface area contributed by atoms with E-state index >= 15 is 0 Å². The van der Waals surface area contributed by atoms with E-state index in [1.165, 1.54) is 0 Å². The zero-order valence-electron chi connectivity index (χ0n) is 14.1. The second kappa shape index (κ2) is 6.81. The standard InChI is InChI=1S/C18H25N3O3/c1-13-17(23)21(14-6-2-3-7-15(14)24-13)11-8-16(22)20-18(12-19)9-4-5-10-18/h2-3,6-7,13H,4-5,8-12,19H2,1H3,(H,20,22). The van der Waals surface area contributed by atoms with Crippen molar-refractivity contribution >= 4 is 17.5 Å². The van der Waals surface area contributed by atoms with Crippen LogP contribution in [-0.2, 0) is 9.59 Å². The second-order valence-electron chi connectivity index (χ2n) is 6.71. The lowest BCUT2D eigenvalue weighted by atomic mass is 9.97. The molecule has 3 N–H and O–H groups in total. The first kappa shape index (κ1) is 16.8. The molecule has 0 radical (unpaired) electrons. The summed E-state index contributed by atoms with van der Waals surface area (Å²) >= 11 is 0. The first-order valence-corrected chi connectivity index (χ1v) is 8.63. The molecule has 6 heteroatoms. The van der Waals surface area contributed by atoms with Gasteiger partial charge in [-0.25, -0.2) is 0 Å². The van der Waals surface area contributed by atoms with Crippen LogP contribution in [0.15, 0.2) is 24.3 Å². The monoisotopic (exact) mass is 331 g/mol. The topological polar surface area (TPSA) is 84.7 Å². The van der Waals surface area contributed by atoms with E-state index in [0.717, 1.165) is 31.4 Å². The number of para-hydroxylation sites is 2. The molecule has 1 heterocycles. The molecule has 0 bridgehead atoms. The van der Waals surface area contributed by atoms with Crippen molar-refractivity contribution in [3.63, 3.8) is 0 Å². The van der Waals surface area contributed by atoms with Crippen molar-refractivity contribution in [2.75, 3.05) is 18.0 Å². The van der Waals surface area contributed by atoms with Gasteiger partial charge >= 0.3 is 0 Å². The zero-order chi connectivity index (χ0) is 17.2. The zero-order valence-corrected chi connectivity index (χ0v) is 14.1. The molecule has 1 aromatic rings. The fourth-order valence-corrected chi connectivity index (χ4v) is 3.59. The third kappa shape index (κ3) is 3.24. The lowest BCUT2D eigenvalue weighted by Gasteiger charge is -2.33. The molecule has 2 amide bonds. The number of fused-ring (bicyclic) bond motifs is 1. The summed E-state index contributed by atoms with van der Waals surface area (Å²) in [6.07, 6.45) is 3.80. The van der Waals surface area contributed by atoms with Gasteiger partial charge in [0.1, 0.15) is 5.75 Å². The number of nitrogens with two attached hydrogens (primary N) is 1. The van der Waals surface area contributed by atoms with Crippen LogP contribution < -0.4 is 20.7 Å². The largest absolute Gasteiger partial charge is 0.479 e. The molecule has 1 atom stereocenters. The summed E-state index contributed by atoms with van der Waals surface area (Å²) in [4.78, 5) is 26.4. The van der Waals surface area contributed by atoms with Crippen molar-refractivity contribution < 1.29 is 14.3 Å². The van der Waals surface area contributed by atoms with Gasteiger partial charge in [0.15, 0.2) is 6.10 Å². The van der Waals surface area contributed by atoms with Crippen LogP contribution in [0.5, 0.6) is 5.75 Å². The van der Waals surface area contributed by atoms with Crippen LogP contribution in [0, 0.1) is 0 Å². The molecule has 1 saturated carbocycles. The summed E-state index contributed by atoms with van der Waals surface area (Å²) in [6, 6.07) is 7.42. The van der Waals surface area contributed by atoms with Crippen LogP contribution in [-0.4, -0.2) is 36.5 Å². The van der Waals surface area contributed by atoms with Crippen molar-refractivity contribution in [3.05, 3.63) is 24.3 Å². The lowest BCUT2D eigenvalue weighted by molar-refractivity contribution is -0.126. The fourth-order valence-electron chi connectivity index (χ4n) is 3.59. The van der Waals surface area contributed by atoms with Crippen LogP contribution in [0.25, 0.3) is 0 Å². The number of hydrogen-bond donors (Lipinski definition) is 2. The normalized spacial score (nSPS) is 22.0. The van der Waals surface area contributed by atoms with E-state index in [1.54, 1.807) is 11.8 Å². The van der Waals surface area contributed by atoms with Crippen molar-refractivity contribution in [1.29, 1.82) is 0 Å². The molecule has 3 rings (SSSR count). The van der Waals surface area contributed by atoms with Gasteiger partial charge in [0, 0.05) is 19.5 Å². The first-order chi connectivity index (χ1) is 11.5. The third-order valence-corrected chi connectivity index (χ3v) is 4.99. The Labute approximate surface area is 142 Å². The van der Waals surface area contributed by atoms with E-state index in [9.17, 15) is 9.59 Å². The van der Waals surface area contributed by atoms with Crippen molar-refractivity contribution in [1.82, 2.24) is 5.32 Å². The van der Waals surface area contributed by atoms with Gasteiger partial charge in [-0.3, -0.25) is 9.59 Å². The Balaban J connectivity index is 1.65. The van der Waals surface area contributed by atoms with E-state index in [1.807, 2.05) is 24.3 Å². The van der Waals surface area contributed by atoms with Crippen LogP contribution in [0.1, 0.15) is 39.0 Å². The number of nitrogens with one attached hydrogen (secondary N) is 1. The molecule has 1 fully saturated rings. The quantitative estimate of drug-likeness (QED) is 0.858. The number of carbonyl (C=O) groups is 2. The molecule has 1 aliphatic carbocycles. The van der Waals surface area contributed by atoms with Gasteiger partial charge in [0.25, 0.3) is 5.91 Å². The number of ether oxygens (including phenoxy) is 1. The van der Waals surface area contributed by atoms with Crippen LogP contribution in [0.4, 0.5) is 5.69 Å². The van der Waals surface area contributed by atoms with E-state index < -0.39 is 6.10 Å². The first-order valence-electron chi connectivity index (χ1n) is 8.63. The predicted octanol–water partition coefficient (Wildman–Crippen LogP) is 1.58. The Bertz CT molecular complexity index is 626. The number of benzene rings is 1. The minimum absolute atomic E-state index is 0.0493. The smallest absolute Gasteiger partial charge is 0.267 e. The Morgan fingerprint density at radius 2 is 2.08 bits per heavy atom. The molecule has 130 valence electrons. The maximum Gasteiger partial charge on any atom is 0.267 e. The average molecular weight is 331 g/mol. The molecule has 0 aromatic heterocycles. The van der Waals surface area contributed by atoms with Crippen LogP contribution in [0.2, 0.25) is 0 Å². The molecule has 0 saturated heterocycles. The van der Waals surface area contributed by atoms with E-state index in [-0.39, 0.29) is 23.8 Å². The minimum atomic E-state index is -0.534. The Hall–Kier alpha value is -2.08. The summed E-state index contributed by atoms with van der Waals surface area (Å²) in [5, 5.41) is 3.10. The fraction of sp³-hybridized carbons (Fsp3) is 0.556. The Morgan fingerprint density at radius 1 is 1.38 bits per heavy atom. The predicted molar refractivity (Wildman–Crippen MR) is 91.9 cm³/mol. The highest BCUT2D eigenvalue weighted by Gasteiger charge is 2.35.